The molecule has 0 aliphatic rings. The van der Waals surface area contributed by atoms with Crippen molar-refractivity contribution in [1.82, 2.24) is 0 Å². The van der Waals surface area contributed by atoms with Gasteiger partial charge in [-0.15, -0.1) is 0 Å². The summed E-state index contributed by atoms with van der Waals surface area (Å²) in [5.74, 6) is 1.08. The molecule has 0 spiro atoms. The van der Waals surface area contributed by atoms with Crippen LogP contribution in [0.5, 0.6) is 11.5 Å². The molecule has 0 aromatic heterocycles. The lowest BCUT2D eigenvalue weighted by molar-refractivity contribution is -0.111. The predicted octanol–water partition coefficient (Wildman–Crippen LogP) is 4.71. The van der Waals surface area contributed by atoms with E-state index < -0.39 is 0 Å². The molecule has 2 rings (SSSR count). The molecular weight excluding hydrogens is 326 g/mol. The first-order chi connectivity index (χ1) is 11.5. The number of halogens is 1. The van der Waals surface area contributed by atoms with Gasteiger partial charge in [0.2, 0.25) is 5.91 Å². The lowest BCUT2D eigenvalue weighted by Crippen LogP contribution is -2.09. The van der Waals surface area contributed by atoms with Crippen molar-refractivity contribution in [3.05, 3.63) is 58.6 Å². The van der Waals surface area contributed by atoms with Crippen LogP contribution < -0.4 is 14.8 Å². The summed E-state index contributed by atoms with van der Waals surface area (Å²) in [7, 11) is 1.59. The molecule has 0 aliphatic heterocycles. The molecule has 0 unspecified atom stereocenters. The molecular formula is C19H20ClNO3. The molecule has 0 atom stereocenters. The van der Waals surface area contributed by atoms with Crippen LogP contribution in [0.3, 0.4) is 0 Å². The largest absolute Gasteiger partial charge is 0.493 e. The van der Waals surface area contributed by atoms with E-state index in [1.807, 2.05) is 38.1 Å². The highest BCUT2D eigenvalue weighted by molar-refractivity contribution is 6.31. The fourth-order valence-electron chi connectivity index (χ4n) is 2.15. The van der Waals surface area contributed by atoms with Crippen molar-refractivity contribution in [2.45, 2.75) is 13.8 Å². The summed E-state index contributed by atoms with van der Waals surface area (Å²) in [5.41, 5.74) is 2.38. The zero-order valence-electron chi connectivity index (χ0n) is 13.9. The number of ether oxygens (including phenoxy) is 2. The molecule has 0 aliphatic carbocycles. The molecule has 0 bridgehead atoms. The van der Waals surface area contributed by atoms with Crippen molar-refractivity contribution >= 4 is 29.3 Å². The summed E-state index contributed by atoms with van der Waals surface area (Å²) < 4.78 is 10.8. The second-order valence-corrected chi connectivity index (χ2v) is 5.49. The lowest BCUT2D eigenvalue weighted by atomic mass is 10.1. The first-order valence-electron chi connectivity index (χ1n) is 7.60. The predicted molar refractivity (Wildman–Crippen MR) is 98.0 cm³/mol. The number of anilines is 1. The van der Waals surface area contributed by atoms with E-state index in [1.165, 1.54) is 6.08 Å². The van der Waals surface area contributed by atoms with Crippen molar-refractivity contribution in [2.24, 2.45) is 0 Å². The molecule has 0 saturated heterocycles. The van der Waals surface area contributed by atoms with Crippen LogP contribution in [0.15, 0.2) is 42.5 Å². The molecule has 4 nitrogen and oxygen atoms in total. The maximum absolute atomic E-state index is 12.1. The minimum absolute atomic E-state index is 0.228. The van der Waals surface area contributed by atoms with Gasteiger partial charge in [-0.1, -0.05) is 23.7 Å². The van der Waals surface area contributed by atoms with Crippen molar-refractivity contribution < 1.29 is 14.3 Å². The van der Waals surface area contributed by atoms with Gasteiger partial charge < -0.3 is 14.8 Å². The maximum Gasteiger partial charge on any atom is 0.248 e. The number of rotatable bonds is 6. The van der Waals surface area contributed by atoms with Crippen LogP contribution in [0.4, 0.5) is 5.69 Å². The third-order valence-corrected chi connectivity index (χ3v) is 3.85. The topological polar surface area (TPSA) is 47.6 Å². The zero-order chi connectivity index (χ0) is 17.5. The average molecular weight is 346 g/mol. The molecule has 0 radical (unpaired) electrons. The van der Waals surface area contributed by atoms with E-state index in [1.54, 1.807) is 25.3 Å². The normalized spacial score (nSPS) is 10.7. The molecule has 0 saturated carbocycles. The number of hydrogen-bond donors (Lipinski definition) is 1. The molecule has 1 amide bonds. The van der Waals surface area contributed by atoms with Gasteiger partial charge in [-0.25, -0.2) is 0 Å². The number of nitrogens with one attached hydrogen (secondary N) is 1. The van der Waals surface area contributed by atoms with E-state index in [0.29, 0.717) is 28.8 Å². The minimum atomic E-state index is -0.228. The Morgan fingerprint density at radius 1 is 1.25 bits per heavy atom. The molecule has 0 heterocycles. The smallest absolute Gasteiger partial charge is 0.248 e. The van der Waals surface area contributed by atoms with E-state index >= 15 is 0 Å². The summed E-state index contributed by atoms with van der Waals surface area (Å²) in [4.78, 5) is 12.1. The van der Waals surface area contributed by atoms with Gasteiger partial charge in [0.1, 0.15) is 0 Å². The van der Waals surface area contributed by atoms with Crippen LogP contribution in [-0.2, 0) is 4.79 Å². The third kappa shape index (κ3) is 4.52. The number of benzene rings is 2. The fourth-order valence-corrected chi connectivity index (χ4v) is 2.33. The van der Waals surface area contributed by atoms with Crippen molar-refractivity contribution in [3.63, 3.8) is 0 Å². The van der Waals surface area contributed by atoms with Gasteiger partial charge in [0.15, 0.2) is 11.5 Å². The monoisotopic (exact) mass is 345 g/mol. The van der Waals surface area contributed by atoms with Crippen LogP contribution >= 0.6 is 11.6 Å². The maximum atomic E-state index is 12.1. The van der Waals surface area contributed by atoms with Crippen LogP contribution in [0.25, 0.3) is 6.08 Å². The number of hydrogen-bond acceptors (Lipinski definition) is 3. The molecule has 2 aromatic carbocycles. The summed E-state index contributed by atoms with van der Waals surface area (Å²) in [6, 6.07) is 10.9. The number of amides is 1. The Hall–Kier alpha value is -2.46. The van der Waals surface area contributed by atoms with Gasteiger partial charge in [0.05, 0.1) is 13.7 Å². The number of methoxy groups -OCH3 is 1. The van der Waals surface area contributed by atoms with Crippen molar-refractivity contribution in [2.75, 3.05) is 19.0 Å². The van der Waals surface area contributed by atoms with E-state index in [-0.39, 0.29) is 5.91 Å². The van der Waals surface area contributed by atoms with E-state index in [2.05, 4.69) is 5.32 Å². The minimum Gasteiger partial charge on any atom is -0.493 e. The summed E-state index contributed by atoms with van der Waals surface area (Å²) in [6.45, 7) is 4.31. The summed E-state index contributed by atoms with van der Waals surface area (Å²) in [5, 5.41) is 3.44. The van der Waals surface area contributed by atoms with Crippen LogP contribution in [-0.4, -0.2) is 19.6 Å². The van der Waals surface area contributed by atoms with Crippen LogP contribution in [0, 0.1) is 6.92 Å². The Bertz CT molecular complexity index is 756. The Morgan fingerprint density at radius 3 is 2.75 bits per heavy atom. The van der Waals surface area contributed by atoms with Crippen molar-refractivity contribution in [1.29, 1.82) is 0 Å². The molecule has 24 heavy (non-hydrogen) atoms. The zero-order valence-corrected chi connectivity index (χ0v) is 14.7. The highest BCUT2D eigenvalue weighted by Crippen LogP contribution is 2.28. The Morgan fingerprint density at radius 2 is 2.04 bits per heavy atom. The van der Waals surface area contributed by atoms with E-state index in [4.69, 9.17) is 21.1 Å². The summed E-state index contributed by atoms with van der Waals surface area (Å²) >= 11 is 6.05. The first kappa shape index (κ1) is 17.9. The molecule has 1 N–H and O–H groups in total. The molecule has 2 aromatic rings. The number of carbonyl (C=O) groups excluding carboxylic acids is 1. The Labute approximate surface area is 147 Å². The van der Waals surface area contributed by atoms with Crippen molar-refractivity contribution in [3.8, 4) is 11.5 Å². The van der Waals surface area contributed by atoms with Crippen LogP contribution in [0.2, 0.25) is 5.02 Å². The highest BCUT2D eigenvalue weighted by atomic mass is 35.5. The average Bonchev–Trinajstić information content (AvgIpc) is 2.58. The van der Waals surface area contributed by atoms with Gasteiger partial charge in [-0.05, 0) is 55.3 Å². The quantitative estimate of drug-likeness (QED) is 0.771. The van der Waals surface area contributed by atoms with Gasteiger partial charge in [0.25, 0.3) is 0 Å². The van der Waals surface area contributed by atoms with Gasteiger partial charge in [-0.3, -0.25) is 4.79 Å². The third-order valence-electron chi connectivity index (χ3n) is 3.44. The number of carbonyl (C=O) groups is 1. The van der Waals surface area contributed by atoms with E-state index in [9.17, 15) is 4.79 Å². The van der Waals surface area contributed by atoms with Gasteiger partial charge in [0, 0.05) is 16.8 Å². The van der Waals surface area contributed by atoms with Gasteiger partial charge >= 0.3 is 0 Å². The second kappa shape index (κ2) is 8.41. The van der Waals surface area contributed by atoms with Crippen LogP contribution in [0.1, 0.15) is 18.1 Å². The SMILES string of the molecule is CCOc1cc(/C=C/C(=O)Nc2cccc(Cl)c2C)ccc1OC. The Balaban J connectivity index is 2.11. The highest BCUT2D eigenvalue weighted by Gasteiger charge is 2.06. The second-order valence-electron chi connectivity index (χ2n) is 5.08. The van der Waals surface area contributed by atoms with Gasteiger partial charge in [-0.2, -0.15) is 0 Å². The Kier molecular flexibility index (Phi) is 6.27. The summed E-state index contributed by atoms with van der Waals surface area (Å²) in [6.07, 6.45) is 3.19. The first-order valence-corrected chi connectivity index (χ1v) is 7.98. The van der Waals surface area contributed by atoms with E-state index in [0.717, 1.165) is 11.1 Å². The molecule has 0 fully saturated rings. The standard InChI is InChI=1S/C19H20ClNO3/c1-4-24-18-12-14(8-10-17(18)23-3)9-11-19(22)21-16-7-5-6-15(20)13(16)2/h5-12H,4H2,1-3H3,(H,21,22)/b11-9+. The molecule has 5 heteroatoms. The molecule has 126 valence electrons. The fraction of sp³-hybridized carbons (Fsp3) is 0.211. The lowest BCUT2D eigenvalue weighted by Gasteiger charge is -2.10.